The first-order valence-electron chi connectivity index (χ1n) is 11.5. The van der Waals surface area contributed by atoms with Crippen LogP contribution in [0.1, 0.15) is 39.7 Å². The molecule has 8 heteroatoms. The molecule has 1 N–H and O–H groups in total. The molecule has 0 saturated carbocycles. The van der Waals surface area contributed by atoms with Gasteiger partial charge < -0.3 is 23.9 Å². The van der Waals surface area contributed by atoms with Gasteiger partial charge in [0.05, 0.1) is 31.8 Å². The predicted octanol–water partition coefficient (Wildman–Crippen LogP) is 3.63. The number of esters is 1. The SMILES string of the molecule is CC[Si](CC)(CC)O[C@H](C)[C@H]1C(=O)N2C(C(=O)OCc3ccc(OC)cc3)=C(CO)C[C@H]12. The van der Waals surface area contributed by atoms with Crippen LogP contribution < -0.4 is 4.74 Å². The van der Waals surface area contributed by atoms with Gasteiger partial charge in [0, 0.05) is 0 Å². The molecule has 1 saturated heterocycles. The fourth-order valence-corrected chi connectivity index (χ4v) is 7.82. The second-order valence-corrected chi connectivity index (χ2v) is 13.3. The Labute approximate surface area is 191 Å². The van der Waals surface area contributed by atoms with Gasteiger partial charge in [0.15, 0.2) is 8.32 Å². The average Bonchev–Trinajstić information content (AvgIpc) is 3.15. The molecule has 2 aliphatic rings. The van der Waals surface area contributed by atoms with Crippen molar-refractivity contribution in [3.63, 3.8) is 0 Å². The molecule has 1 amide bonds. The molecule has 0 bridgehead atoms. The Kier molecular flexibility index (Phi) is 7.79. The van der Waals surface area contributed by atoms with Crippen LogP contribution in [0.4, 0.5) is 0 Å². The number of ether oxygens (including phenoxy) is 2. The highest BCUT2D eigenvalue weighted by Crippen LogP contribution is 2.45. The number of methoxy groups -OCH3 is 1. The molecule has 0 spiro atoms. The summed E-state index contributed by atoms with van der Waals surface area (Å²) in [4.78, 5) is 27.5. The number of hydrogen-bond donors (Lipinski definition) is 1. The van der Waals surface area contributed by atoms with Gasteiger partial charge in [0.2, 0.25) is 5.91 Å². The van der Waals surface area contributed by atoms with Crippen molar-refractivity contribution >= 4 is 20.2 Å². The number of carbonyl (C=O) groups excluding carboxylic acids is 2. The molecule has 7 nitrogen and oxygen atoms in total. The molecule has 0 radical (unpaired) electrons. The first-order valence-corrected chi connectivity index (χ1v) is 14.0. The summed E-state index contributed by atoms with van der Waals surface area (Å²) in [5, 5.41) is 9.86. The van der Waals surface area contributed by atoms with E-state index in [0.717, 1.165) is 29.4 Å². The van der Waals surface area contributed by atoms with Crippen molar-refractivity contribution in [2.45, 2.75) is 71.0 Å². The predicted molar refractivity (Wildman–Crippen MR) is 123 cm³/mol. The topological polar surface area (TPSA) is 85.3 Å². The molecule has 3 atom stereocenters. The Hall–Kier alpha value is -2.16. The minimum absolute atomic E-state index is 0.0816. The molecular weight excluding hydrogens is 426 g/mol. The number of β-lactam (4-membered cyclic amide) rings is 1. The van der Waals surface area contributed by atoms with Crippen molar-refractivity contribution in [2.24, 2.45) is 5.92 Å². The number of aliphatic hydroxyl groups is 1. The van der Waals surface area contributed by atoms with Gasteiger partial charge in [-0.25, -0.2) is 4.79 Å². The van der Waals surface area contributed by atoms with Crippen molar-refractivity contribution in [3.8, 4) is 5.75 Å². The Balaban J connectivity index is 1.67. The minimum Gasteiger partial charge on any atom is -0.497 e. The van der Waals surface area contributed by atoms with Crippen molar-refractivity contribution in [1.29, 1.82) is 0 Å². The number of carbonyl (C=O) groups is 2. The number of aliphatic hydroxyl groups excluding tert-OH is 1. The summed E-state index contributed by atoms with van der Waals surface area (Å²) < 4.78 is 17.2. The fraction of sp³-hybridized carbons (Fsp3) is 0.583. The van der Waals surface area contributed by atoms with E-state index >= 15 is 0 Å². The lowest BCUT2D eigenvalue weighted by atomic mass is 9.83. The molecular formula is C24H35NO6Si. The van der Waals surface area contributed by atoms with Gasteiger partial charge in [0.1, 0.15) is 18.1 Å². The second kappa shape index (κ2) is 10.2. The monoisotopic (exact) mass is 461 g/mol. The first kappa shape index (κ1) is 24.5. The van der Waals surface area contributed by atoms with Crippen LogP contribution in [0.5, 0.6) is 5.75 Å². The maximum Gasteiger partial charge on any atom is 0.355 e. The number of nitrogens with zero attached hydrogens (tertiary/aromatic N) is 1. The van der Waals surface area contributed by atoms with Crippen LogP contribution >= 0.6 is 0 Å². The molecule has 0 aromatic heterocycles. The van der Waals surface area contributed by atoms with E-state index in [1.54, 1.807) is 19.2 Å². The van der Waals surface area contributed by atoms with Crippen LogP contribution in [0, 0.1) is 5.92 Å². The van der Waals surface area contributed by atoms with Crippen LogP contribution in [0.2, 0.25) is 18.1 Å². The number of rotatable bonds is 11. The standard InChI is InChI=1S/C24H35NO6Si/c1-6-32(7-2,8-3)31-16(4)21-20-13-18(14-26)22(25(20)23(21)27)24(28)30-15-17-9-11-19(29-5)12-10-17/h9-12,16,20-21,26H,6-8,13-15H2,1-5H3/t16-,20-,21-/m1/s1. The van der Waals surface area contributed by atoms with Crippen LogP contribution in [0.3, 0.4) is 0 Å². The zero-order valence-corrected chi connectivity index (χ0v) is 20.7. The van der Waals surface area contributed by atoms with Crippen LogP contribution in [-0.2, 0) is 25.4 Å². The van der Waals surface area contributed by atoms with Gasteiger partial charge in [-0.05, 0) is 54.7 Å². The third-order valence-electron chi connectivity index (χ3n) is 7.09. The summed E-state index contributed by atoms with van der Waals surface area (Å²) in [6.07, 6.45) is 0.275. The lowest BCUT2D eigenvalue weighted by molar-refractivity contribution is -0.162. The first-order chi connectivity index (χ1) is 15.3. The van der Waals surface area contributed by atoms with E-state index in [2.05, 4.69) is 20.8 Å². The maximum atomic E-state index is 13.1. The molecule has 0 aliphatic carbocycles. The summed E-state index contributed by atoms with van der Waals surface area (Å²) in [7, 11) is -0.265. The third-order valence-corrected chi connectivity index (χ3v) is 11.8. The van der Waals surface area contributed by atoms with E-state index in [0.29, 0.717) is 12.0 Å². The van der Waals surface area contributed by atoms with E-state index < -0.39 is 14.3 Å². The number of fused-ring (bicyclic) bond motifs is 1. The van der Waals surface area contributed by atoms with Gasteiger partial charge >= 0.3 is 5.97 Å². The van der Waals surface area contributed by atoms with E-state index in [4.69, 9.17) is 13.9 Å². The zero-order valence-electron chi connectivity index (χ0n) is 19.7. The van der Waals surface area contributed by atoms with Gasteiger partial charge in [-0.3, -0.25) is 4.79 Å². The van der Waals surface area contributed by atoms with E-state index in [9.17, 15) is 14.7 Å². The molecule has 176 valence electrons. The summed E-state index contributed by atoms with van der Waals surface area (Å²) >= 11 is 0. The second-order valence-electron chi connectivity index (χ2n) is 8.61. The third kappa shape index (κ3) is 4.49. The normalized spacial score (nSPS) is 21.3. The fourth-order valence-electron chi connectivity index (χ4n) is 4.88. The van der Waals surface area contributed by atoms with Gasteiger partial charge in [-0.1, -0.05) is 32.9 Å². The summed E-state index contributed by atoms with van der Waals surface area (Å²) in [6.45, 7) is 8.28. The Bertz CT molecular complexity index is 855. The molecule has 32 heavy (non-hydrogen) atoms. The zero-order chi connectivity index (χ0) is 23.5. The molecule has 1 aromatic rings. The van der Waals surface area contributed by atoms with Crippen molar-refractivity contribution in [3.05, 3.63) is 41.1 Å². The number of amides is 1. The lowest BCUT2D eigenvalue weighted by Gasteiger charge is -2.48. The number of benzene rings is 1. The summed E-state index contributed by atoms with van der Waals surface area (Å²) in [5.74, 6) is -0.264. The Morgan fingerprint density at radius 3 is 2.34 bits per heavy atom. The molecule has 2 heterocycles. The van der Waals surface area contributed by atoms with E-state index in [1.807, 2.05) is 19.1 Å². The van der Waals surface area contributed by atoms with Gasteiger partial charge in [-0.2, -0.15) is 0 Å². The minimum atomic E-state index is -1.85. The van der Waals surface area contributed by atoms with E-state index in [-0.39, 0.29) is 42.9 Å². The number of hydrogen-bond acceptors (Lipinski definition) is 6. The van der Waals surface area contributed by atoms with Crippen molar-refractivity contribution in [1.82, 2.24) is 4.90 Å². The maximum absolute atomic E-state index is 13.1. The van der Waals surface area contributed by atoms with Gasteiger partial charge in [0.25, 0.3) is 0 Å². The van der Waals surface area contributed by atoms with E-state index in [1.165, 1.54) is 4.90 Å². The molecule has 0 unspecified atom stereocenters. The summed E-state index contributed by atoms with van der Waals surface area (Å²) in [5.41, 5.74) is 1.57. The molecule has 1 fully saturated rings. The highest BCUT2D eigenvalue weighted by Gasteiger charge is 2.57. The smallest absolute Gasteiger partial charge is 0.355 e. The molecule has 1 aromatic carbocycles. The van der Waals surface area contributed by atoms with Gasteiger partial charge in [-0.15, -0.1) is 0 Å². The van der Waals surface area contributed by atoms with Crippen LogP contribution in [0.15, 0.2) is 35.5 Å². The van der Waals surface area contributed by atoms with Crippen LogP contribution in [0.25, 0.3) is 0 Å². The average molecular weight is 462 g/mol. The molecule has 3 rings (SSSR count). The summed E-state index contributed by atoms with van der Waals surface area (Å²) in [6, 6.07) is 10.1. The lowest BCUT2D eigenvalue weighted by Crippen LogP contribution is -2.63. The highest BCUT2D eigenvalue weighted by atomic mass is 28.4. The Morgan fingerprint density at radius 1 is 1.19 bits per heavy atom. The quantitative estimate of drug-likeness (QED) is 0.308. The van der Waals surface area contributed by atoms with Crippen LogP contribution in [-0.4, -0.2) is 56.1 Å². The van der Waals surface area contributed by atoms with Crippen molar-refractivity contribution in [2.75, 3.05) is 13.7 Å². The molecule has 2 aliphatic heterocycles. The highest BCUT2D eigenvalue weighted by molar-refractivity contribution is 6.73. The Morgan fingerprint density at radius 2 is 1.81 bits per heavy atom. The van der Waals surface area contributed by atoms with Crippen molar-refractivity contribution < 1.29 is 28.6 Å². The largest absolute Gasteiger partial charge is 0.497 e.